The number of allylic oxidation sites excluding steroid dienone is 18. The van der Waals surface area contributed by atoms with Crippen LogP contribution in [0.3, 0.4) is 0 Å². The second kappa shape index (κ2) is 42.9. The van der Waals surface area contributed by atoms with Crippen LogP contribution >= 0.6 is 7.82 Å². The van der Waals surface area contributed by atoms with Gasteiger partial charge in [0.1, 0.15) is 19.8 Å². The monoisotopic (exact) mass is 885 g/mol. The van der Waals surface area contributed by atoms with Gasteiger partial charge >= 0.3 is 19.8 Å². The van der Waals surface area contributed by atoms with Gasteiger partial charge in [-0.15, -0.1) is 0 Å². The number of hydrogen-bond acceptors (Lipinski definition) is 7. The lowest BCUT2D eigenvalue weighted by Gasteiger charge is -2.24. The summed E-state index contributed by atoms with van der Waals surface area (Å²) in [5.74, 6) is -0.884. The number of hydrogen-bond donors (Lipinski definition) is 1. The average Bonchev–Trinajstić information content (AvgIpc) is 3.23. The predicted octanol–water partition coefficient (Wildman–Crippen LogP) is 13.9. The lowest BCUT2D eigenvalue weighted by atomic mass is 10.1. The third-order valence-corrected chi connectivity index (χ3v) is 10.3. The molecule has 0 saturated carbocycles. The Morgan fingerprint density at radius 2 is 0.919 bits per heavy atom. The number of quaternary nitrogens is 1. The summed E-state index contributed by atoms with van der Waals surface area (Å²) in [6, 6.07) is 0. The standard InChI is InChI=1S/C52H86NO8P/c1-6-8-10-12-14-16-18-20-22-24-26-28-30-32-34-36-38-40-42-44-51(54)58-48-50(49-60-62(56,57)59-47-46-53(3,4)5)61-52(55)45-43-41-39-37-35-33-31-29-27-25-23-21-19-17-15-13-11-9-7-2/h9,11,14-17,20-23,26-29,32-35,50H,6-8,10,12-13,18-19,24-25,30-31,36-49H2,1-5H3/p+1/b11-9-,16-14-,17-15-,22-20-,23-21-,28-26-,29-27-,34-32-,35-33-/t50-/m1/s1. The minimum Gasteiger partial charge on any atom is -0.462 e. The Balaban J connectivity index is 4.48. The number of ether oxygens (including phenoxy) is 2. The second-order valence-corrected chi connectivity index (χ2v) is 17.9. The number of nitrogens with zero attached hydrogens (tertiary/aromatic N) is 1. The fourth-order valence-corrected chi connectivity index (χ4v) is 6.35. The third kappa shape index (κ3) is 46.2. The number of carbonyl (C=O) groups is 2. The number of phosphoric acid groups is 1. The number of rotatable bonds is 41. The Morgan fingerprint density at radius 3 is 1.34 bits per heavy atom. The van der Waals surface area contributed by atoms with Crippen LogP contribution in [0.25, 0.3) is 0 Å². The van der Waals surface area contributed by atoms with E-state index in [1.165, 1.54) is 25.7 Å². The van der Waals surface area contributed by atoms with Crippen LogP contribution in [-0.2, 0) is 32.7 Å². The number of unbranched alkanes of at least 4 members (excludes halogenated alkanes) is 9. The molecule has 0 spiro atoms. The molecule has 0 amide bonds. The van der Waals surface area contributed by atoms with Gasteiger partial charge in [0.15, 0.2) is 6.10 Å². The first-order valence-electron chi connectivity index (χ1n) is 23.6. The smallest absolute Gasteiger partial charge is 0.462 e. The lowest BCUT2D eigenvalue weighted by molar-refractivity contribution is -0.870. The van der Waals surface area contributed by atoms with E-state index in [0.717, 1.165) is 89.9 Å². The van der Waals surface area contributed by atoms with E-state index in [2.05, 4.69) is 123 Å². The summed E-state index contributed by atoms with van der Waals surface area (Å²) < 4.78 is 34.3. The molecular weight excluding hydrogens is 798 g/mol. The quantitative estimate of drug-likeness (QED) is 0.0213. The third-order valence-electron chi connectivity index (χ3n) is 9.29. The summed E-state index contributed by atoms with van der Waals surface area (Å²) in [6.45, 7) is 4.18. The molecule has 0 aromatic heterocycles. The van der Waals surface area contributed by atoms with Crippen LogP contribution in [0.1, 0.15) is 155 Å². The Kier molecular flexibility index (Phi) is 40.6. The van der Waals surface area contributed by atoms with E-state index >= 15 is 0 Å². The van der Waals surface area contributed by atoms with Crippen LogP contribution in [-0.4, -0.2) is 74.9 Å². The molecule has 0 fully saturated rings. The Morgan fingerprint density at radius 1 is 0.516 bits per heavy atom. The molecule has 0 aromatic rings. The molecule has 1 N–H and O–H groups in total. The Labute approximate surface area is 378 Å². The first-order valence-corrected chi connectivity index (χ1v) is 25.1. The van der Waals surface area contributed by atoms with Gasteiger partial charge in [-0.05, 0) is 103 Å². The fourth-order valence-electron chi connectivity index (χ4n) is 5.61. The molecule has 0 saturated heterocycles. The van der Waals surface area contributed by atoms with E-state index in [-0.39, 0.29) is 26.1 Å². The number of esters is 2. The van der Waals surface area contributed by atoms with Gasteiger partial charge in [-0.25, -0.2) is 4.57 Å². The van der Waals surface area contributed by atoms with Crippen molar-refractivity contribution < 1.29 is 42.1 Å². The maximum absolute atomic E-state index is 12.7. The molecular formula is C52H87NO8P+. The molecule has 0 aliphatic rings. The zero-order chi connectivity index (χ0) is 45.7. The highest BCUT2D eigenvalue weighted by atomic mass is 31.2. The average molecular weight is 885 g/mol. The molecule has 0 aliphatic heterocycles. The van der Waals surface area contributed by atoms with Crippen molar-refractivity contribution in [3.63, 3.8) is 0 Å². The molecule has 0 rings (SSSR count). The fraction of sp³-hybridized carbons (Fsp3) is 0.615. The van der Waals surface area contributed by atoms with Crippen LogP contribution in [0.4, 0.5) is 0 Å². The summed E-state index contributed by atoms with van der Waals surface area (Å²) in [5, 5.41) is 0. The summed E-state index contributed by atoms with van der Waals surface area (Å²) in [6.07, 6.45) is 58.5. The highest BCUT2D eigenvalue weighted by Crippen LogP contribution is 2.43. The summed E-state index contributed by atoms with van der Waals surface area (Å²) in [7, 11) is 1.41. The lowest BCUT2D eigenvalue weighted by Crippen LogP contribution is -2.37. The van der Waals surface area contributed by atoms with E-state index in [1.54, 1.807) is 0 Å². The first kappa shape index (κ1) is 58.7. The van der Waals surface area contributed by atoms with Crippen molar-refractivity contribution in [2.24, 2.45) is 0 Å². The molecule has 2 atom stereocenters. The molecule has 0 aromatic carbocycles. The van der Waals surface area contributed by atoms with Gasteiger partial charge in [-0.2, -0.15) is 0 Å². The molecule has 0 radical (unpaired) electrons. The maximum Gasteiger partial charge on any atom is 0.472 e. The van der Waals surface area contributed by atoms with Crippen molar-refractivity contribution in [1.82, 2.24) is 0 Å². The topological polar surface area (TPSA) is 108 Å². The maximum atomic E-state index is 12.7. The minimum absolute atomic E-state index is 0.0127. The summed E-state index contributed by atoms with van der Waals surface area (Å²) in [5.41, 5.74) is 0. The van der Waals surface area contributed by atoms with Gasteiger partial charge in [0.05, 0.1) is 27.7 Å². The second-order valence-electron chi connectivity index (χ2n) is 16.4. The van der Waals surface area contributed by atoms with E-state index in [1.807, 2.05) is 21.1 Å². The van der Waals surface area contributed by atoms with E-state index in [0.29, 0.717) is 23.9 Å². The molecule has 10 heteroatoms. The van der Waals surface area contributed by atoms with Crippen LogP contribution in [0.2, 0.25) is 0 Å². The number of phosphoric ester groups is 1. The SMILES string of the molecule is CC/C=C\C/C=C\C/C=C\C/C=C\C/C=C\CCCCCC(=O)O[C@H](COC(=O)CCCCC/C=C\C/C=C\C/C=C\C/C=C\CCCCC)COP(=O)(O)OCC[N+](C)(C)C. The van der Waals surface area contributed by atoms with E-state index in [9.17, 15) is 19.0 Å². The van der Waals surface area contributed by atoms with Crippen LogP contribution < -0.4 is 0 Å². The van der Waals surface area contributed by atoms with Crippen molar-refractivity contribution in [3.05, 3.63) is 109 Å². The zero-order valence-corrected chi connectivity index (χ0v) is 40.4. The van der Waals surface area contributed by atoms with Gasteiger partial charge in [0.25, 0.3) is 0 Å². The molecule has 352 valence electrons. The summed E-state index contributed by atoms with van der Waals surface area (Å²) >= 11 is 0. The van der Waals surface area contributed by atoms with Crippen molar-refractivity contribution in [1.29, 1.82) is 0 Å². The van der Waals surface area contributed by atoms with E-state index in [4.69, 9.17) is 18.5 Å². The Hall–Kier alpha value is -3.33. The largest absolute Gasteiger partial charge is 0.472 e. The van der Waals surface area contributed by atoms with Crippen molar-refractivity contribution in [2.75, 3.05) is 47.5 Å². The normalized spacial score (nSPS) is 14.5. The minimum atomic E-state index is -4.40. The van der Waals surface area contributed by atoms with Gasteiger partial charge in [0, 0.05) is 12.8 Å². The van der Waals surface area contributed by atoms with Crippen molar-refractivity contribution in [3.8, 4) is 0 Å². The van der Waals surface area contributed by atoms with E-state index < -0.39 is 32.5 Å². The highest BCUT2D eigenvalue weighted by molar-refractivity contribution is 7.47. The summed E-state index contributed by atoms with van der Waals surface area (Å²) in [4.78, 5) is 35.5. The molecule has 0 heterocycles. The van der Waals surface area contributed by atoms with Crippen molar-refractivity contribution >= 4 is 19.8 Å². The number of likely N-dealkylation sites (N-methyl/N-ethyl adjacent to an activating group) is 1. The molecule has 9 nitrogen and oxygen atoms in total. The predicted molar refractivity (Wildman–Crippen MR) is 261 cm³/mol. The van der Waals surface area contributed by atoms with Crippen molar-refractivity contribution in [2.45, 2.75) is 161 Å². The highest BCUT2D eigenvalue weighted by Gasteiger charge is 2.27. The van der Waals surface area contributed by atoms with Gasteiger partial charge in [0.2, 0.25) is 0 Å². The zero-order valence-electron chi connectivity index (χ0n) is 39.6. The van der Waals surface area contributed by atoms with Gasteiger partial charge < -0.3 is 18.9 Å². The van der Waals surface area contributed by atoms with Crippen LogP contribution in [0.15, 0.2) is 109 Å². The molecule has 0 aliphatic carbocycles. The van der Waals surface area contributed by atoms with Gasteiger partial charge in [-0.3, -0.25) is 18.6 Å². The number of carbonyl (C=O) groups excluding carboxylic acids is 2. The van der Waals surface area contributed by atoms with Crippen LogP contribution in [0.5, 0.6) is 0 Å². The molecule has 0 bridgehead atoms. The Bertz CT molecular complexity index is 1420. The first-order chi connectivity index (χ1) is 30.0. The molecule has 1 unspecified atom stereocenters. The van der Waals surface area contributed by atoms with Gasteiger partial charge in [-0.1, -0.05) is 149 Å². The molecule has 62 heavy (non-hydrogen) atoms. The van der Waals surface area contributed by atoms with Crippen LogP contribution in [0, 0.1) is 0 Å².